The second-order valence-electron chi connectivity index (χ2n) is 19.3. The van der Waals surface area contributed by atoms with Crippen molar-refractivity contribution in [2.24, 2.45) is 11.8 Å². The molecule has 1 unspecified atom stereocenters. The average Bonchev–Trinajstić information content (AvgIpc) is 4.21. The molecule has 5 N–H and O–H groups in total. The van der Waals surface area contributed by atoms with E-state index in [-0.39, 0.29) is 41.9 Å². The number of aliphatic hydroxyl groups excluding tert-OH is 1. The summed E-state index contributed by atoms with van der Waals surface area (Å²) in [5, 5.41) is 16.9. The van der Waals surface area contributed by atoms with Gasteiger partial charge in [0.25, 0.3) is 0 Å². The summed E-state index contributed by atoms with van der Waals surface area (Å²) in [5.41, 5.74) is 5.18. The van der Waals surface area contributed by atoms with Gasteiger partial charge in [0.1, 0.15) is 28.8 Å². The molecule has 15 nitrogen and oxygen atoms in total. The Kier molecular flexibility index (Phi) is 14.0. The third kappa shape index (κ3) is 11.0. The molecule has 0 bridgehead atoms. The van der Waals surface area contributed by atoms with Gasteiger partial charge in [-0.05, 0) is 96.9 Å². The highest BCUT2D eigenvalue weighted by atomic mass is 32.5. The number of hydrogen-bond acceptors (Lipinski definition) is 10. The molecule has 5 aromatic rings. The van der Waals surface area contributed by atoms with Crippen molar-refractivity contribution in [3.8, 4) is 22.5 Å². The minimum atomic E-state index is -9.94. The van der Waals surface area contributed by atoms with Crippen LogP contribution in [0, 0.1) is 11.8 Å². The lowest BCUT2D eigenvalue weighted by Gasteiger charge is -2.41. The number of hydrogen-bond donors (Lipinski definition) is 5. The van der Waals surface area contributed by atoms with Crippen molar-refractivity contribution >= 4 is 34.0 Å². The number of anilines is 1. The molecule has 0 spiro atoms. The Balaban J connectivity index is 1.02. The van der Waals surface area contributed by atoms with Crippen molar-refractivity contribution in [2.75, 3.05) is 32.2 Å². The third-order valence-electron chi connectivity index (χ3n) is 14.1. The van der Waals surface area contributed by atoms with E-state index >= 15 is 0 Å². The van der Waals surface area contributed by atoms with E-state index in [9.17, 15) is 38.9 Å². The number of ether oxygens (including phenoxy) is 2. The molecular formula is C50H62F5N9O6S. The number of aromatic nitrogens is 4. The van der Waals surface area contributed by atoms with E-state index in [4.69, 9.17) is 14.5 Å². The summed E-state index contributed by atoms with van der Waals surface area (Å²) < 4.78 is 79.1. The van der Waals surface area contributed by atoms with Gasteiger partial charge in [0, 0.05) is 18.8 Å². The highest BCUT2D eigenvalue weighted by molar-refractivity contribution is 8.45. The minimum absolute atomic E-state index is 0.0885. The maximum Gasteiger partial charge on any atom is 0.407 e. The number of aromatic amines is 2. The van der Waals surface area contributed by atoms with E-state index in [0.29, 0.717) is 67.5 Å². The second-order valence-corrected chi connectivity index (χ2v) is 21.8. The molecule has 2 aromatic heterocycles. The lowest BCUT2D eigenvalue weighted by molar-refractivity contribution is -0.135. The first-order chi connectivity index (χ1) is 33.5. The number of halogens is 5. The molecule has 3 fully saturated rings. The van der Waals surface area contributed by atoms with Gasteiger partial charge in [0.2, 0.25) is 5.91 Å². The Labute approximate surface area is 409 Å². The van der Waals surface area contributed by atoms with Crippen LogP contribution in [0.25, 0.3) is 22.5 Å². The topological polar surface area (TPSA) is 181 Å². The first-order valence-electron chi connectivity index (χ1n) is 23.9. The number of amides is 3. The fraction of sp³-hybridized carbons (Fsp3) is 0.460. The Morgan fingerprint density at radius 1 is 0.662 bits per heavy atom. The fourth-order valence-corrected chi connectivity index (χ4v) is 11.0. The molecular weight excluding hydrogens is 950 g/mol. The second kappa shape index (κ2) is 19.4. The van der Waals surface area contributed by atoms with Gasteiger partial charge in [-0.3, -0.25) is 9.69 Å². The summed E-state index contributed by atoms with van der Waals surface area (Å²) in [4.78, 5) is 57.7. The van der Waals surface area contributed by atoms with Crippen LogP contribution in [0.5, 0.6) is 0 Å². The molecule has 21 heteroatoms. The van der Waals surface area contributed by atoms with Gasteiger partial charge in [0.15, 0.2) is 0 Å². The van der Waals surface area contributed by atoms with E-state index in [2.05, 4.69) is 25.6 Å². The maximum absolute atomic E-state index is 13.9. The number of carbonyl (C=O) groups excluding carboxylic acids is 3. The van der Waals surface area contributed by atoms with Crippen molar-refractivity contribution < 1.29 is 48.4 Å². The monoisotopic (exact) mass is 1010 g/mol. The SMILES string of the molecule is COC(=O)N[C@@H](C(C)C)C(O)N1CCC[C@H]1c1ncc(-c2ccc([C@H]3CC[C@H](c4ccc(-c5cnc([C@@H]6CCCN6C(=O)[C@@H](NC(=O)OC)C(C)C)[nH]5)cc4)N3c3ccc(S(F)(F)(F)(F)F)cc3)cc2)[nH]1. The Morgan fingerprint density at radius 3 is 1.65 bits per heavy atom. The Morgan fingerprint density at radius 2 is 1.15 bits per heavy atom. The van der Waals surface area contributed by atoms with Crippen molar-refractivity contribution in [3.05, 3.63) is 108 Å². The lowest BCUT2D eigenvalue weighted by Crippen LogP contribution is -2.54. The number of imidazole rings is 2. The van der Waals surface area contributed by atoms with Crippen LogP contribution in [0.3, 0.4) is 0 Å². The van der Waals surface area contributed by atoms with Gasteiger partial charge in [-0.1, -0.05) is 95.7 Å². The van der Waals surface area contributed by atoms with Gasteiger partial charge in [0.05, 0.1) is 68.2 Å². The molecule has 3 aliphatic rings. The maximum atomic E-state index is 13.9. The van der Waals surface area contributed by atoms with Crippen molar-refractivity contribution in [3.63, 3.8) is 0 Å². The third-order valence-corrected chi connectivity index (χ3v) is 15.2. The highest BCUT2D eigenvalue weighted by Crippen LogP contribution is 3.02. The quantitative estimate of drug-likeness (QED) is 0.0633. The Bertz CT molecular complexity index is 2690. The number of methoxy groups -OCH3 is 2. The number of aliphatic hydroxyl groups is 1. The van der Waals surface area contributed by atoms with Crippen LogP contribution in [0.4, 0.5) is 34.7 Å². The molecule has 8 rings (SSSR count). The fourth-order valence-electron chi connectivity index (χ4n) is 10.4. The minimum Gasteiger partial charge on any atom is -0.453 e. The van der Waals surface area contributed by atoms with E-state index in [1.54, 1.807) is 17.3 Å². The standard InChI is InChI=1S/C50H62F5N9O6S/c1-29(2)43(60-49(67)69-5)47(65)62-25-7-9-41(62)45-56-27-37(58-45)31-11-15-33(16-12-31)39-23-24-40(64(39)35-19-21-36(22-20-35)71(51,52,53,54)55)34-17-13-32(14-18-34)38-28-57-46(59-38)42-10-8-26-63(42)48(66)44(30(3)4)61-50(68)70-6/h11-22,27-30,39-44,47,65H,7-10,23-26H2,1-6H3,(H,56,58)(H,57,59)(H,60,67)(H,61,68)/t39-,40-,41+,42+,43+,44+,47?/m1/s1. The molecule has 3 amide bonds. The summed E-state index contributed by atoms with van der Waals surface area (Å²) in [6, 6.07) is 16.0. The van der Waals surface area contributed by atoms with Crippen molar-refractivity contribution in [1.29, 1.82) is 0 Å². The zero-order chi connectivity index (χ0) is 51.1. The summed E-state index contributed by atoms with van der Waals surface area (Å²) in [6.45, 7) is 8.62. The average molecular weight is 1010 g/mol. The normalized spacial score (nSPS) is 22.0. The van der Waals surface area contributed by atoms with Gasteiger partial charge >= 0.3 is 22.4 Å². The van der Waals surface area contributed by atoms with Crippen LogP contribution in [-0.2, 0) is 14.3 Å². The van der Waals surface area contributed by atoms with Crippen molar-refractivity contribution in [1.82, 2.24) is 40.4 Å². The largest absolute Gasteiger partial charge is 0.453 e. The van der Waals surface area contributed by atoms with Crippen LogP contribution >= 0.6 is 10.2 Å². The molecule has 5 heterocycles. The molecule has 71 heavy (non-hydrogen) atoms. The number of alkyl carbamates (subject to hydrolysis) is 2. The number of nitrogens with zero attached hydrogens (tertiary/aromatic N) is 5. The lowest BCUT2D eigenvalue weighted by atomic mass is 10.0. The van der Waals surface area contributed by atoms with Gasteiger partial charge in [-0.15, -0.1) is 0 Å². The van der Waals surface area contributed by atoms with Crippen molar-refractivity contribution in [2.45, 2.75) is 114 Å². The number of likely N-dealkylation sites (tertiary alicyclic amines) is 2. The number of carbonyl (C=O) groups is 3. The molecule has 0 saturated carbocycles. The Hall–Kier alpha value is -6.19. The molecule has 3 aromatic carbocycles. The van der Waals surface area contributed by atoms with Crippen LogP contribution < -0.4 is 15.5 Å². The molecule has 3 aliphatic heterocycles. The molecule has 7 atom stereocenters. The number of H-pyrrole nitrogens is 2. The molecule has 0 radical (unpaired) electrons. The predicted octanol–water partition coefficient (Wildman–Crippen LogP) is 11.1. The summed E-state index contributed by atoms with van der Waals surface area (Å²) in [7, 11) is -7.41. The molecule has 0 aliphatic carbocycles. The first kappa shape index (κ1) is 51.2. The first-order valence-corrected chi connectivity index (χ1v) is 25.9. The van der Waals surface area contributed by atoms with Crippen LogP contribution in [-0.4, -0.2) is 98.6 Å². The van der Waals surface area contributed by atoms with Gasteiger partial charge in [-0.2, -0.15) is 0 Å². The number of nitrogens with one attached hydrogen (secondary N) is 4. The zero-order valence-electron chi connectivity index (χ0n) is 40.5. The van der Waals surface area contributed by atoms with Crippen LogP contribution in [0.2, 0.25) is 0 Å². The van der Waals surface area contributed by atoms with Crippen LogP contribution in [0.15, 0.2) is 90.1 Å². The summed E-state index contributed by atoms with van der Waals surface area (Å²) in [6.07, 6.45) is 5.33. The zero-order valence-corrected chi connectivity index (χ0v) is 41.3. The van der Waals surface area contributed by atoms with Gasteiger partial charge in [-0.25, -0.2) is 19.6 Å². The summed E-state index contributed by atoms with van der Waals surface area (Å²) >= 11 is 0. The highest BCUT2D eigenvalue weighted by Gasteiger charge is 2.65. The smallest absolute Gasteiger partial charge is 0.407 e. The predicted molar refractivity (Wildman–Crippen MR) is 260 cm³/mol. The molecule has 3 saturated heterocycles. The summed E-state index contributed by atoms with van der Waals surface area (Å²) in [5.74, 6) is 0.775. The van der Waals surface area contributed by atoms with E-state index < -0.39 is 45.6 Å². The van der Waals surface area contributed by atoms with Crippen LogP contribution in [0.1, 0.15) is 113 Å². The van der Waals surface area contributed by atoms with E-state index in [1.165, 1.54) is 14.2 Å². The molecule has 384 valence electrons. The van der Waals surface area contributed by atoms with E-state index in [0.717, 1.165) is 59.3 Å². The number of benzene rings is 3. The number of rotatable bonds is 15. The van der Waals surface area contributed by atoms with E-state index in [1.807, 2.05) is 86.0 Å². The van der Waals surface area contributed by atoms with Gasteiger partial charge < -0.3 is 45.0 Å².